The molecule has 3 aromatic carbocycles. The molecule has 0 saturated carbocycles. The largest absolute Gasteiger partial charge is 0.440 e. The quantitative estimate of drug-likeness (QED) is 0.190. The van der Waals surface area contributed by atoms with E-state index in [-0.39, 0.29) is 44.9 Å². The molecule has 0 aliphatic carbocycles. The molecule has 5 rings (SSSR count). The van der Waals surface area contributed by atoms with Crippen molar-refractivity contribution >= 4 is 9.84 Å². The Kier molecular flexibility index (Phi) is 7.04. The summed E-state index contributed by atoms with van der Waals surface area (Å²) in [5.74, 6) is -0.142. The number of sulfone groups is 1. The number of hydrogen-bond donors (Lipinski definition) is 0. The van der Waals surface area contributed by atoms with E-state index in [0.29, 0.717) is 11.1 Å². The lowest BCUT2D eigenvalue weighted by Crippen LogP contribution is -2.07. The zero-order valence-electron chi connectivity index (χ0n) is 22.2. The SMILES string of the molecule is Cc1nc(-c2ccccc2C(F)(F)F)c(-c2cc(-c3cccc(S(C)(=O)=O)c3)ccc2-n2cc(C(F)(F)F)nc2C)o1. The van der Waals surface area contributed by atoms with Gasteiger partial charge in [-0.05, 0) is 48.4 Å². The molecule has 0 atom stereocenters. The summed E-state index contributed by atoms with van der Waals surface area (Å²) in [5, 5.41) is 0. The fraction of sp³-hybridized carbons (Fsp3) is 0.172. The third kappa shape index (κ3) is 5.56. The molecule has 0 aliphatic heterocycles. The molecule has 13 heteroatoms. The van der Waals surface area contributed by atoms with Crippen LogP contribution in [0.4, 0.5) is 26.3 Å². The highest BCUT2D eigenvalue weighted by atomic mass is 32.2. The molecule has 5 aromatic rings. The first-order valence-corrected chi connectivity index (χ1v) is 14.2. The topological polar surface area (TPSA) is 78.0 Å². The Labute approximate surface area is 236 Å². The number of nitrogens with zero attached hydrogens (tertiary/aromatic N) is 3. The van der Waals surface area contributed by atoms with Crippen molar-refractivity contribution in [3.63, 3.8) is 0 Å². The van der Waals surface area contributed by atoms with E-state index in [0.717, 1.165) is 23.1 Å². The minimum Gasteiger partial charge on any atom is -0.440 e. The molecule has 0 aliphatic rings. The van der Waals surface area contributed by atoms with E-state index in [1.165, 1.54) is 62.4 Å². The van der Waals surface area contributed by atoms with E-state index in [1.807, 2.05) is 0 Å². The number of hydrogen-bond acceptors (Lipinski definition) is 5. The van der Waals surface area contributed by atoms with Gasteiger partial charge in [0.05, 0.1) is 16.1 Å². The normalized spacial score (nSPS) is 12.6. The molecule has 0 bridgehead atoms. The highest BCUT2D eigenvalue weighted by Crippen LogP contribution is 2.43. The molecule has 0 radical (unpaired) electrons. The summed E-state index contributed by atoms with van der Waals surface area (Å²) in [7, 11) is -3.58. The van der Waals surface area contributed by atoms with Gasteiger partial charge in [-0.25, -0.2) is 18.4 Å². The number of benzene rings is 3. The first kappa shape index (κ1) is 29.1. The summed E-state index contributed by atoms with van der Waals surface area (Å²) in [6.45, 7) is 2.79. The van der Waals surface area contributed by atoms with Crippen molar-refractivity contribution < 1.29 is 39.2 Å². The molecular formula is C29H21F6N3O3S. The molecule has 6 nitrogen and oxygen atoms in total. The molecule has 2 aromatic heterocycles. The summed E-state index contributed by atoms with van der Waals surface area (Å²) in [6, 6.07) is 15.3. The highest BCUT2D eigenvalue weighted by Gasteiger charge is 2.36. The van der Waals surface area contributed by atoms with Crippen LogP contribution in [0.2, 0.25) is 0 Å². The van der Waals surface area contributed by atoms with Gasteiger partial charge in [0.2, 0.25) is 0 Å². The van der Waals surface area contributed by atoms with E-state index < -0.39 is 33.4 Å². The van der Waals surface area contributed by atoms with E-state index in [9.17, 15) is 34.8 Å². The third-order valence-corrected chi connectivity index (χ3v) is 7.60. The van der Waals surface area contributed by atoms with Crippen LogP contribution in [0.15, 0.2) is 82.2 Å². The monoisotopic (exact) mass is 605 g/mol. The summed E-state index contributed by atoms with van der Waals surface area (Å²) >= 11 is 0. The number of halogens is 6. The van der Waals surface area contributed by atoms with Crippen LogP contribution in [0, 0.1) is 13.8 Å². The first-order chi connectivity index (χ1) is 19.5. The minimum absolute atomic E-state index is 0.0192. The van der Waals surface area contributed by atoms with E-state index in [1.54, 1.807) is 12.1 Å². The van der Waals surface area contributed by atoms with Gasteiger partial charge in [-0.15, -0.1) is 0 Å². The van der Waals surface area contributed by atoms with Gasteiger partial charge in [0, 0.05) is 30.5 Å². The van der Waals surface area contributed by atoms with Crippen LogP contribution >= 0.6 is 0 Å². The zero-order valence-corrected chi connectivity index (χ0v) is 23.0. The van der Waals surface area contributed by atoms with E-state index in [4.69, 9.17) is 4.42 Å². The van der Waals surface area contributed by atoms with Crippen molar-refractivity contribution in [3.05, 3.63) is 95.9 Å². The number of alkyl halides is 6. The molecule has 0 amide bonds. The highest BCUT2D eigenvalue weighted by molar-refractivity contribution is 7.90. The lowest BCUT2D eigenvalue weighted by molar-refractivity contribution is -0.141. The maximum atomic E-state index is 14.0. The summed E-state index contributed by atoms with van der Waals surface area (Å²) in [6.07, 6.45) is -7.66. The predicted molar refractivity (Wildman–Crippen MR) is 143 cm³/mol. The Balaban J connectivity index is 1.81. The molecule has 0 saturated heterocycles. The molecular weight excluding hydrogens is 584 g/mol. The zero-order chi connectivity index (χ0) is 30.6. The number of imidazole rings is 1. The average molecular weight is 606 g/mol. The fourth-order valence-corrected chi connectivity index (χ4v) is 5.26. The second-order valence-electron chi connectivity index (χ2n) is 9.53. The maximum absolute atomic E-state index is 14.0. The number of aromatic nitrogens is 3. The van der Waals surface area contributed by atoms with Crippen LogP contribution in [0.25, 0.3) is 39.4 Å². The first-order valence-electron chi connectivity index (χ1n) is 12.3. The average Bonchev–Trinajstić information content (AvgIpc) is 3.50. The Morgan fingerprint density at radius 2 is 1.48 bits per heavy atom. The molecule has 0 N–H and O–H groups in total. The number of aryl methyl sites for hydroxylation is 2. The van der Waals surface area contributed by atoms with Crippen molar-refractivity contribution in [1.29, 1.82) is 0 Å². The Morgan fingerprint density at radius 1 is 0.786 bits per heavy atom. The Bertz CT molecular complexity index is 1920. The van der Waals surface area contributed by atoms with Gasteiger partial charge in [0.1, 0.15) is 11.5 Å². The molecule has 218 valence electrons. The number of rotatable bonds is 5. The minimum atomic E-state index is -4.75. The van der Waals surface area contributed by atoms with Gasteiger partial charge in [-0.1, -0.05) is 36.4 Å². The van der Waals surface area contributed by atoms with Gasteiger partial charge in [0.15, 0.2) is 27.2 Å². The van der Waals surface area contributed by atoms with Crippen LogP contribution in [0.3, 0.4) is 0 Å². The molecule has 0 unspecified atom stereocenters. The Hall–Kier alpha value is -4.39. The summed E-state index contributed by atoms with van der Waals surface area (Å²) in [5.41, 5.74) is -1.49. The number of oxazole rings is 1. The molecule has 0 spiro atoms. The van der Waals surface area contributed by atoms with Crippen LogP contribution in [-0.4, -0.2) is 29.2 Å². The van der Waals surface area contributed by atoms with Gasteiger partial charge < -0.3 is 8.98 Å². The van der Waals surface area contributed by atoms with Crippen molar-refractivity contribution in [1.82, 2.24) is 14.5 Å². The van der Waals surface area contributed by atoms with E-state index in [2.05, 4.69) is 9.97 Å². The second kappa shape index (κ2) is 10.2. The molecule has 2 heterocycles. The van der Waals surface area contributed by atoms with E-state index >= 15 is 0 Å². The van der Waals surface area contributed by atoms with Crippen molar-refractivity contribution in [3.8, 4) is 39.4 Å². The lowest BCUT2D eigenvalue weighted by Gasteiger charge is -2.15. The Morgan fingerprint density at radius 3 is 2.12 bits per heavy atom. The van der Waals surface area contributed by atoms with Crippen molar-refractivity contribution in [2.45, 2.75) is 31.1 Å². The fourth-order valence-electron chi connectivity index (χ4n) is 4.60. The van der Waals surface area contributed by atoms with Crippen LogP contribution in [0.1, 0.15) is 23.0 Å². The maximum Gasteiger partial charge on any atom is 0.434 e. The van der Waals surface area contributed by atoms with Gasteiger partial charge in [-0.3, -0.25) is 0 Å². The molecule has 42 heavy (non-hydrogen) atoms. The third-order valence-electron chi connectivity index (χ3n) is 6.49. The standard InChI is InChI=1S/C29H21F6N3O3S/c1-16-36-25(29(33,34)35)15-38(16)24-12-11-19(18-7-6-8-20(13-18)42(3,39)40)14-22(24)27-26(37-17(2)41-27)21-9-4-5-10-23(21)28(30,31)32/h4-15H,1-3H3. The van der Waals surface area contributed by atoms with Crippen LogP contribution < -0.4 is 0 Å². The van der Waals surface area contributed by atoms with Gasteiger partial charge in [-0.2, -0.15) is 26.3 Å². The summed E-state index contributed by atoms with van der Waals surface area (Å²) < 4.78 is 114. The van der Waals surface area contributed by atoms with Gasteiger partial charge in [0.25, 0.3) is 0 Å². The summed E-state index contributed by atoms with van der Waals surface area (Å²) in [4.78, 5) is 7.88. The van der Waals surface area contributed by atoms with Crippen LogP contribution in [0.5, 0.6) is 0 Å². The van der Waals surface area contributed by atoms with Crippen molar-refractivity contribution in [2.75, 3.05) is 6.26 Å². The predicted octanol–water partition coefficient (Wildman–Crippen LogP) is 7.92. The van der Waals surface area contributed by atoms with Crippen LogP contribution in [-0.2, 0) is 22.2 Å². The molecule has 0 fully saturated rings. The lowest BCUT2D eigenvalue weighted by atomic mass is 9.96. The van der Waals surface area contributed by atoms with Gasteiger partial charge >= 0.3 is 12.4 Å². The smallest absolute Gasteiger partial charge is 0.434 e. The van der Waals surface area contributed by atoms with Crippen molar-refractivity contribution in [2.24, 2.45) is 0 Å². The second-order valence-corrected chi connectivity index (χ2v) is 11.5.